The van der Waals surface area contributed by atoms with Gasteiger partial charge in [0, 0.05) is 6.42 Å². The highest BCUT2D eigenvalue weighted by atomic mass is 16.7. The molecule has 1 saturated carbocycles. The third-order valence-corrected chi connectivity index (χ3v) is 4.53. The Kier molecular flexibility index (Phi) is 3.35. The Bertz CT molecular complexity index is 501. The molecule has 1 aromatic carbocycles. The zero-order chi connectivity index (χ0) is 14.2. The molecule has 2 nitrogen and oxygen atoms in total. The lowest BCUT2D eigenvalue weighted by molar-refractivity contribution is -0.0386. The number of rotatable bonds is 1. The average molecular weight is 270 g/mol. The SMILES string of the molecule is CC(C)(C)c1ccc(C2=NOC3(CC[CH]CC3)C2)cc1. The molecule has 2 aliphatic rings. The summed E-state index contributed by atoms with van der Waals surface area (Å²) < 4.78 is 0. The first-order valence-corrected chi connectivity index (χ1v) is 7.66. The molecule has 1 aliphatic carbocycles. The lowest BCUT2D eigenvalue weighted by Crippen LogP contribution is -2.31. The molecular weight excluding hydrogens is 246 g/mol. The summed E-state index contributed by atoms with van der Waals surface area (Å²) in [7, 11) is 0. The zero-order valence-electron chi connectivity index (χ0n) is 12.8. The Morgan fingerprint density at radius 1 is 1.05 bits per heavy atom. The molecular formula is C18H24NO. The Hall–Kier alpha value is -1.31. The average Bonchev–Trinajstić information content (AvgIpc) is 2.83. The monoisotopic (exact) mass is 270 g/mol. The van der Waals surface area contributed by atoms with Gasteiger partial charge in [-0.15, -0.1) is 0 Å². The fourth-order valence-corrected chi connectivity index (χ4v) is 3.11. The van der Waals surface area contributed by atoms with Gasteiger partial charge in [-0.05, 0) is 48.6 Å². The normalized spacial score (nSPS) is 21.6. The van der Waals surface area contributed by atoms with Gasteiger partial charge in [0.15, 0.2) is 0 Å². The number of benzene rings is 1. The molecule has 107 valence electrons. The molecule has 0 amide bonds. The fourth-order valence-electron chi connectivity index (χ4n) is 3.11. The van der Waals surface area contributed by atoms with E-state index in [1.165, 1.54) is 11.1 Å². The molecule has 1 aliphatic heterocycles. The van der Waals surface area contributed by atoms with Crippen molar-refractivity contribution in [3.8, 4) is 0 Å². The van der Waals surface area contributed by atoms with Crippen LogP contribution in [0.25, 0.3) is 0 Å². The predicted molar refractivity (Wildman–Crippen MR) is 82.9 cm³/mol. The minimum absolute atomic E-state index is 0.00716. The minimum Gasteiger partial charge on any atom is -0.389 e. The Balaban J connectivity index is 1.74. The Labute approximate surface area is 122 Å². The van der Waals surface area contributed by atoms with Crippen molar-refractivity contribution in [1.82, 2.24) is 0 Å². The van der Waals surface area contributed by atoms with E-state index in [-0.39, 0.29) is 11.0 Å². The van der Waals surface area contributed by atoms with Crippen molar-refractivity contribution in [1.29, 1.82) is 0 Å². The van der Waals surface area contributed by atoms with E-state index in [4.69, 9.17) is 4.84 Å². The molecule has 0 saturated heterocycles. The summed E-state index contributed by atoms with van der Waals surface area (Å²) in [5.41, 5.74) is 3.89. The molecule has 20 heavy (non-hydrogen) atoms. The van der Waals surface area contributed by atoms with Crippen molar-refractivity contribution in [2.75, 3.05) is 0 Å². The molecule has 1 aromatic rings. The van der Waals surface area contributed by atoms with E-state index in [9.17, 15) is 0 Å². The first kappa shape index (κ1) is 13.7. The van der Waals surface area contributed by atoms with Crippen LogP contribution in [0, 0.1) is 6.42 Å². The Morgan fingerprint density at radius 3 is 2.30 bits per heavy atom. The van der Waals surface area contributed by atoms with Crippen LogP contribution < -0.4 is 0 Å². The van der Waals surface area contributed by atoms with Crippen molar-refractivity contribution in [2.24, 2.45) is 5.16 Å². The first-order valence-electron chi connectivity index (χ1n) is 7.66. The molecule has 0 N–H and O–H groups in total. The summed E-state index contributed by atoms with van der Waals surface area (Å²) in [6, 6.07) is 8.82. The van der Waals surface area contributed by atoms with Crippen LogP contribution in [0.1, 0.15) is 64.0 Å². The van der Waals surface area contributed by atoms with Crippen molar-refractivity contribution in [3.05, 3.63) is 41.8 Å². The summed E-state index contributed by atoms with van der Waals surface area (Å²) >= 11 is 0. The highest BCUT2D eigenvalue weighted by Gasteiger charge is 2.40. The van der Waals surface area contributed by atoms with E-state index < -0.39 is 0 Å². The topological polar surface area (TPSA) is 21.6 Å². The molecule has 1 fully saturated rings. The third kappa shape index (κ3) is 2.61. The van der Waals surface area contributed by atoms with E-state index in [2.05, 4.69) is 56.6 Å². The van der Waals surface area contributed by atoms with Gasteiger partial charge in [-0.1, -0.05) is 50.2 Å². The van der Waals surface area contributed by atoms with E-state index >= 15 is 0 Å². The van der Waals surface area contributed by atoms with Crippen LogP contribution in [0.5, 0.6) is 0 Å². The van der Waals surface area contributed by atoms with Gasteiger partial charge in [0.1, 0.15) is 5.60 Å². The molecule has 0 bridgehead atoms. The van der Waals surface area contributed by atoms with Crippen LogP contribution in [0.3, 0.4) is 0 Å². The van der Waals surface area contributed by atoms with Crippen molar-refractivity contribution in [3.63, 3.8) is 0 Å². The molecule has 0 aromatic heterocycles. The summed E-state index contributed by atoms with van der Waals surface area (Å²) in [5, 5.41) is 4.38. The largest absolute Gasteiger partial charge is 0.389 e. The molecule has 1 heterocycles. The zero-order valence-corrected chi connectivity index (χ0v) is 12.8. The minimum atomic E-state index is -0.00716. The van der Waals surface area contributed by atoms with Gasteiger partial charge in [-0.3, -0.25) is 0 Å². The van der Waals surface area contributed by atoms with Gasteiger partial charge in [0.2, 0.25) is 0 Å². The molecule has 3 rings (SSSR count). The fraction of sp³-hybridized carbons (Fsp3) is 0.556. The van der Waals surface area contributed by atoms with E-state index in [1.807, 2.05) is 0 Å². The molecule has 0 atom stereocenters. The van der Waals surface area contributed by atoms with Crippen LogP contribution in [0.2, 0.25) is 0 Å². The van der Waals surface area contributed by atoms with Gasteiger partial charge in [0.25, 0.3) is 0 Å². The van der Waals surface area contributed by atoms with Crippen LogP contribution in [0.15, 0.2) is 29.4 Å². The summed E-state index contributed by atoms with van der Waals surface area (Å²) in [6.07, 6.45) is 7.87. The van der Waals surface area contributed by atoms with Crippen molar-refractivity contribution in [2.45, 2.75) is 63.9 Å². The number of nitrogens with zero attached hydrogens (tertiary/aromatic N) is 1. The maximum Gasteiger partial charge on any atom is 0.143 e. The molecule has 0 unspecified atom stereocenters. The van der Waals surface area contributed by atoms with E-state index in [0.29, 0.717) is 0 Å². The lowest BCUT2D eigenvalue weighted by atomic mass is 9.80. The van der Waals surface area contributed by atoms with Crippen LogP contribution >= 0.6 is 0 Å². The maximum atomic E-state index is 5.81. The maximum absolute atomic E-state index is 5.81. The number of hydrogen-bond donors (Lipinski definition) is 0. The third-order valence-electron chi connectivity index (χ3n) is 4.53. The molecule has 1 radical (unpaired) electrons. The lowest BCUT2D eigenvalue weighted by Gasteiger charge is -2.30. The highest BCUT2D eigenvalue weighted by molar-refractivity contribution is 6.01. The Morgan fingerprint density at radius 2 is 1.70 bits per heavy atom. The van der Waals surface area contributed by atoms with E-state index in [0.717, 1.165) is 37.8 Å². The van der Waals surface area contributed by atoms with Crippen LogP contribution in [-0.2, 0) is 10.3 Å². The van der Waals surface area contributed by atoms with Crippen LogP contribution in [0.4, 0.5) is 0 Å². The second-order valence-corrected chi connectivity index (χ2v) is 7.18. The summed E-state index contributed by atoms with van der Waals surface area (Å²) in [5.74, 6) is 0. The summed E-state index contributed by atoms with van der Waals surface area (Å²) in [6.45, 7) is 6.73. The standard InChI is InChI=1S/C18H24NO/c1-17(2,3)15-9-7-14(8-10-15)16-13-18(20-19-16)11-5-4-6-12-18/h4,7-10H,5-6,11-13H2,1-3H3. The summed E-state index contributed by atoms with van der Waals surface area (Å²) in [4.78, 5) is 5.81. The quantitative estimate of drug-likeness (QED) is 0.729. The second-order valence-electron chi connectivity index (χ2n) is 7.18. The predicted octanol–water partition coefficient (Wildman–Crippen LogP) is 4.63. The van der Waals surface area contributed by atoms with Gasteiger partial charge in [-0.25, -0.2) is 0 Å². The van der Waals surface area contributed by atoms with Gasteiger partial charge in [0.05, 0.1) is 5.71 Å². The second kappa shape index (κ2) is 4.91. The van der Waals surface area contributed by atoms with Gasteiger partial charge >= 0.3 is 0 Å². The van der Waals surface area contributed by atoms with Gasteiger partial charge in [-0.2, -0.15) is 0 Å². The van der Waals surface area contributed by atoms with E-state index in [1.54, 1.807) is 0 Å². The van der Waals surface area contributed by atoms with Gasteiger partial charge < -0.3 is 4.84 Å². The first-order chi connectivity index (χ1) is 9.49. The van der Waals surface area contributed by atoms with Crippen molar-refractivity contribution < 1.29 is 4.84 Å². The molecule has 2 heteroatoms. The number of hydrogen-bond acceptors (Lipinski definition) is 2. The molecule has 1 spiro atoms. The highest BCUT2D eigenvalue weighted by Crippen LogP contribution is 2.39. The van der Waals surface area contributed by atoms with Crippen molar-refractivity contribution >= 4 is 5.71 Å². The number of oxime groups is 1. The smallest absolute Gasteiger partial charge is 0.143 e. The van der Waals surface area contributed by atoms with Crippen LogP contribution in [-0.4, -0.2) is 11.3 Å².